The number of nitrogens with zero attached hydrogens (tertiary/aromatic N) is 2. The highest BCUT2D eigenvalue weighted by Gasteiger charge is 2.04. The quantitative estimate of drug-likeness (QED) is 0.606. The lowest BCUT2D eigenvalue weighted by atomic mass is 10.5. The highest BCUT2D eigenvalue weighted by Crippen LogP contribution is 1.87. The molecular formula is C7H16N2OS. The summed E-state index contributed by atoms with van der Waals surface area (Å²) in [5.74, 6) is 0.374. The molecule has 0 rings (SSSR count). The van der Waals surface area contributed by atoms with Gasteiger partial charge in [0.1, 0.15) is 0 Å². The van der Waals surface area contributed by atoms with Crippen LogP contribution >= 0.6 is 12.6 Å². The van der Waals surface area contributed by atoms with Gasteiger partial charge >= 0.3 is 0 Å². The molecule has 0 aromatic rings. The molecule has 0 spiro atoms. The van der Waals surface area contributed by atoms with E-state index in [4.69, 9.17) is 0 Å². The van der Waals surface area contributed by atoms with Crippen molar-refractivity contribution in [3.8, 4) is 0 Å². The molecule has 0 aromatic heterocycles. The Morgan fingerprint density at radius 2 is 1.82 bits per heavy atom. The summed E-state index contributed by atoms with van der Waals surface area (Å²) in [5.41, 5.74) is 0. The van der Waals surface area contributed by atoms with E-state index in [-0.39, 0.29) is 5.91 Å². The van der Waals surface area contributed by atoms with Crippen LogP contribution in [-0.4, -0.2) is 55.7 Å². The first-order valence-electron chi connectivity index (χ1n) is 3.57. The molecule has 0 aliphatic heterocycles. The van der Waals surface area contributed by atoms with Gasteiger partial charge < -0.3 is 9.80 Å². The Morgan fingerprint density at radius 1 is 1.27 bits per heavy atom. The Hall–Kier alpha value is -0.220. The van der Waals surface area contributed by atoms with Gasteiger partial charge in [-0.2, -0.15) is 12.6 Å². The summed E-state index contributed by atoms with van der Waals surface area (Å²) in [4.78, 5) is 14.7. The molecule has 0 saturated heterocycles. The third kappa shape index (κ3) is 5.09. The zero-order valence-corrected chi connectivity index (χ0v) is 8.27. The van der Waals surface area contributed by atoms with Crippen LogP contribution in [0.1, 0.15) is 0 Å². The van der Waals surface area contributed by atoms with E-state index in [9.17, 15) is 4.79 Å². The highest BCUT2D eigenvalue weighted by molar-refractivity contribution is 7.81. The molecule has 0 heterocycles. The molecule has 0 saturated carbocycles. The molecule has 0 radical (unpaired) electrons. The minimum atomic E-state index is 0.0789. The number of carbonyl (C=O) groups is 1. The predicted molar refractivity (Wildman–Crippen MR) is 50.0 cm³/mol. The Kier molecular flexibility index (Phi) is 5.32. The zero-order valence-electron chi connectivity index (χ0n) is 7.37. The third-order valence-electron chi connectivity index (χ3n) is 1.44. The van der Waals surface area contributed by atoms with E-state index in [1.165, 1.54) is 0 Å². The van der Waals surface area contributed by atoms with Crippen LogP contribution in [0.2, 0.25) is 0 Å². The van der Waals surface area contributed by atoms with E-state index in [1.807, 2.05) is 19.0 Å². The number of hydrogen-bond acceptors (Lipinski definition) is 3. The molecule has 0 unspecified atom stereocenters. The van der Waals surface area contributed by atoms with Crippen LogP contribution < -0.4 is 0 Å². The van der Waals surface area contributed by atoms with Gasteiger partial charge in [-0.25, -0.2) is 0 Å². The van der Waals surface area contributed by atoms with Crippen LogP contribution in [-0.2, 0) is 4.79 Å². The average molecular weight is 176 g/mol. The summed E-state index contributed by atoms with van der Waals surface area (Å²) in [6.07, 6.45) is 0. The van der Waals surface area contributed by atoms with E-state index in [0.717, 1.165) is 13.1 Å². The molecule has 11 heavy (non-hydrogen) atoms. The summed E-state index contributed by atoms with van der Waals surface area (Å²) in [6, 6.07) is 0. The van der Waals surface area contributed by atoms with Gasteiger partial charge in [-0.1, -0.05) is 0 Å². The van der Waals surface area contributed by atoms with Crippen molar-refractivity contribution in [3.05, 3.63) is 0 Å². The van der Waals surface area contributed by atoms with Gasteiger partial charge in [0, 0.05) is 20.1 Å². The molecule has 0 N–H and O–H groups in total. The molecule has 0 aromatic carbocycles. The molecular weight excluding hydrogens is 160 g/mol. The molecule has 0 bridgehead atoms. The van der Waals surface area contributed by atoms with E-state index in [1.54, 1.807) is 11.9 Å². The topological polar surface area (TPSA) is 23.6 Å². The maximum atomic E-state index is 11.0. The third-order valence-corrected chi connectivity index (χ3v) is 1.71. The Balaban J connectivity index is 3.52. The Labute approximate surface area is 73.8 Å². The Bertz CT molecular complexity index is 128. The first kappa shape index (κ1) is 10.8. The number of hydrogen-bond donors (Lipinski definition) is 1. The fourth-order valence-corrected chi connectivity index (χ4v) is 0.837. The zero-order chi connectivity index (χ0) is 8.85. The second-order valence-corrected chi connectivity index (χ2v) is 3.09. The number of thiol groups is 1. The van der Waals surface area contributed by atoms with Crippen LogP contribution in [0.4, 0.5) is 0 Å². The van der Waals surface area contributed by atoms with Gasteiger partial charge in [0.25, 0.3) is 0 Å². The smallest absolute Gasteiger partial charge is 0.232 e. The fourth-order valence-electron chi connectivity index (χ4n) is 0.595. The fraction of sp³-hybridized carbons (Fsp3) is 0.857. The molecule has 66 valence electrons. The minimum absolute atomic E-state index is 0.0789. The molecule has 0 atom stereocenters. The molecule has 0 fully saturated rings. The van der Waals surface area contributed by atoms with Crippen molar-refractivity contribution in [1.29, 1.82) is 0 Å². The van der Waals surface area contributed by atoms with Gasteiger partial charge in [0.15, 0.2) is 0 Å². The first-order chi connectivity index (χ1) is 5.07. The standard InChI is InChI=1S/C7H16N2OS/c1-8(2)4-5-9(3)7(10)6-11/h11H,4-6H2,1-3H3. The lowest BCUT2D eigenvalue weighted by Gasteiger charge is -2.18. The van der Waals surface area contributed by atoms with E-state index >= 15 is 0 Å². The number of likely N-dealkylation sites (N-methyl/N-ethyl adjacent to an activating group) is 2. The lowest BCUT2D eigenvalue weighted by molar-refractivity contribution is -0.127. The monoisotopic (exact) mass is 176 g/mol. The van der Waals surface area contributed by atoms with Crippen LogP contribution in [0.25, 0.3) is 0 Å². The maximum Gasteiger partial charge on any atom is 0.232 e. The van der Waals surface area contributed by atoms with Gasteiger partial charge in [-0.15, -0.1) is 0 Å². The molecule has 0 aliphatic carbocycles. The molecule has 3 nitrogen and oxygen atoms in total. The highest BCUT2D eigenvalue weighted by atomic mass is 32.1. The van der Waals surface area contributed by atoms with Crippen LogP contribution in [0.5, 0.6) is 0 Å². The predicted octanol–water partition coefficient (Wildman–Crippen LogP) is -0.0638. The number of rotatable bonds is 4. The number of carbonyl (C=O) groups excluding carboxylic acids is 1. The normalized spacial score (nSPS) is 10.3. The van der Waals surface area contributed by atoms with Gasteiger partial charge in [0.2, 0.25) is 5.91 Å². The summed E-state index contributed by atoms with van der Waals surface area (Å²) >= 11 is 3.89. The molecule has 0 aliphatic rings. The van der Waals surface area contributed by atoms with Gasteiger partial charge in [-0.05, 0) is 14.1 Å². The van der Waals surface area contributed by atoms with Crippen molar-refractivity contribution >= 4 is 18.5 Å². The average Bonchev–Trinajstić information content (AvgIpc) is 1.98. The van der Waals surface area contributed by atoms with Crippen molar-refractivity contribution in [3.63, 3.8) is 0 Å². The number of amides is 1. The van der Waals surface area contributed by atoms with Gasteiger partial charge in [-0.3, -0.25) is 4.79 Å². The van der Waals surface area contributed by atoms with Crippen LogP contribution in [0, 0.1) is 0 Å². The van der Waals surface area contributed by atoms with Crippen molar-refractivity contribution in [2.24, 2.45) is 0 Å². The van der Waals surface area contributed by atoms with E-state index in [2.05, 4.69) is 12.6 Å². The SMILES string of the molecule is CN(C)CCN(C)C(=O)CS. The second-order valence-electron chi connectivity index (χ2n) is 2.78. The largest absolute Gasteiger partial charge is 0.344 e. The van der Waals surface area contributed by atoms with Crippen molar-refractivity contribution in [2.45, 2.75) is 0 Å². The lowest BCUT2D eigenvalue weighted by Crippen LogP contribution is -2.34. The van der Waals surface area contributed by atoms with E-state index < -0.39 is 0 Å². The van der Waals surface area contributed by atoms with Crippen molar-refractivity contribution in [1.82, 2.24) is 9.80 Å². The summed E-state index contributed by atoms with van der Waals surface area (Å²) < 4.78 is 0. The summed E-state index contributed by atoms with van der Waals surface area (Å²) in [7, 11) is 5.76. The molecule has 4 heteroatoms. The van der Waals surface area contributed by atoms with E-state index in [0.29, 0.717) is 5.75 Å². The maximum absolute atomic E-state index is 11.0. The van der Waals surface area contributed by atoms with Gasteiger partial charge in [0.05, 0.1) is 5.75 Å². The summed E-state index contributed by atoms with van der Waals surface area (Å²) in [6.45, 7) is 1.67. The minimum Gasteiger partial charge on any atom is -0.344 e. The molecule has 1 amide bonds. The first-order valence-corrected chi connectivity index (χ1v) is 4.20. The van der Waals surface area contributed by atoms with Crippen LogP contribution in [0.15, 0.2) is 0 Å². The van der Waals surface area contributed by atoms with Crippen LogP contribution in [0.3, 0.4) is 0 Å². The van der Waals surface area contributed by atoms with Crippen molar-refractivity contribution in [2.75, 3.05) is 40.0 Å². The summed E-state index contributed by atoms with van der Waals surface area (Å²) in [5, 5.41) is 0. The second kappa shape index (κ2) is 5.43. The Morgan fingerprint density at radius 3 is 2.18 bits per heavy atom. The van der Waals surface area contributed by atoms with Crippen molar-refractivity contribution < 1.29 is 4.79 Å².